The van der Waals surface area contributed by atoms with Gasteiger partial charge >= 0.3 is 0 Å². The summed E-state index contributed by atoms with van der Waals surface area (Å²) in [6, 6.07) is 20.4. The maximum Gasteiger partial charge on any atom is 0.253 e. The average Bonchev–Trinajstić information content (AvgIpc) is 2.70. The number of carbonyl (C=O) groups is 1. The summed E-state index contributed by atoms with van der Waals surface area (Å²) in [6.07, 6.45) is 5.40. The van der Waals surface area contributed by atoms with Crippen LogP contribution in [0.4, 0.5) is 5.69 Å². The molecule has 1 aromatic heterocycles. The van der Waals surface area contributed by atoms with Gasteiger partial charge in [-0.3, -0.25) is 9.78 Å². The van der Waals surface area contributed by atoms with E-state index in [0.29, 0.717) is 12.1 Å². The molecule has 0 aliphatic rings. The van der Waals surface area contributed by atoms with Crippen molar-refractivity contribution in [3.63, 3.8) is 0 Å². The minimum absolute atomic E-state index is 0.114. The zero-order valence-electron chi connectivity index (χ0n) is 15.6. The summed E-state index contributed by atoms with van der Waals surface area (Å²) in [5, 5.41) is 6.30. The van der Waals surface area contributed by atoms with Crippen LogP contribution in [-0.4, -0.2) is 17.4 Å². The van der Waals surface area contributed by atoms with Gasteiger partial charge in [-0.1, -0.05) is 60.2 Å². The number of aromatic nitrogens is 1. The summed E-state index contributed by atoms with van der Waals surface area (Å²) in [7, 11) is 0. The fourth-order valence-electron chi connectivity index (χ4n) is 2.94. The van der Waals surface area contributed by atoms with E-state index in [-0.39, 0.29) is 5.91 Å². The number of benzene rings is 2. The maximum absolute atomic E-state index is 12.4. The Labute approximate surface area is 160 Å². The minimum Gasteiger partial charge on any atom is -0.384 e. The molecule has 0 atom stereocenters. The third-order valence-corrected chi connectivity index (χ3v) is 4.35. The van der Waals surface area contributed by atoms with E-state index in [1.165, 1.54) is 11.1 Å². The van der Waals surface area contributed by atoms with E-state index in [1.807, 2.05) is 37.3 Å². The number of pyridine rings is 1. The summed E-state index contributed by atoms with van der Waals surface area (Å²) >= 11 is 0. The van der Waals surface area contributed by atoms with E-state index >= 15 is 0 Å². The second-order valence-corrected chi connectivity index (χ2v) is 6.65. The molecule has 4 nitrogen and oxygen atoms in total. The van der Waals surface area contributed by atoms with Crippen molar-refractivity contribution in [2.45, 2.75) is 26.3 Å². The molecule has 3 rings (SSSR count). The van der Waals surface area contributed by atoms with Crippen LogP contribution in [0.25, 0.3) is 0 Å². The number of rotatable bonds is 8. The molecule has 4 heteroatoms. The van der Waals surface area contributed by atoms with Crippen molar-refractivity contribution in [3.05, 3.63) is 95.3 Å². The molecule has 2 aromatic carbocycles. The van der Waals surface area contributed by atoms with E-state index in [0.717, 1.165) is 30.6 Å². The van der Waals surface area contributed by atoms with Crippen LogP contribution in [0.5, 0.6) is 0 Å². The molecular formula is C23H25N3O. The standard InChI is InChI=1S/C23H25N3O/c1-18-7-5-10-20(13-18)15-26-23(27)21-14-22(17-24-16-21)25-12-6-11-19-8-3-2-4-9-19/h2-5,7-10,13-14,16-17,25H,6,11-12,15H2,1H3,(H,26,27). The average molecular weight is 359 g/mol. The highest BCUT2D eigenvalue weighted by Crippen LogP contribution is 2.10. The zero-order valence-corrected chi connectivity index (χ0v) is 15.6. The fraction of sp³-hybridized carbons (Fsp3) is 0.217. The maximum atomic E-state index is 12.4. The number of nitrogens with one attached hydrogen (secondary N) is 2. The summed E-state index contributed by atoms with van der Waals surface area (Å²) < 4.78 is 0. The molecule has 0 saturated carbocycles. The van der Waals surface area contributed by atoms with Crippen LogP contribution in [0.15, 0.2) is 73.1 Å². The first-order chi connectivity index (χ1) is 13.2. The van der Waals surface area contributed by atoms with Crippen molar-refractivity contribution >= 4 is 11.6 Å². The second kappa shape index (κ2) is 9.53. The Hall–Kier alpha value is -3.14. The third kappa shape index (κ3) is 5.96. The SMILES string of the molecule is Cc1cccc(CNC(=O)c2cncc(NCCCc3ccccc3)c2)c1. The van der Waals surface area contributed by atoms with Gasteiger partial charge in [-0.25, -0.2) is 0 Å². The van der Waals surface area contributed by atoms with Crippen molar-refractivity contribution in [2.24, 2.45) is 0 Å². The van der Waals surface area contributed by atoms with Gasteiger partial charge in [0, 0.05) is 25.5 Å². The van der Waals surface area contributed by atoms with Crippen molar-refractivity contribution in [3.8, 4) is 0 Å². The Bertz CT molecular complexity index is 878. The van der Waals surface area contributed by atoms with Crippen molar-refractivity contribution in [1.29, 1.82) is 0 Å². The Balaban J connectivity index is 1.48. The van der Waals surface area contributed by atoms with Gasteiger partial charge < -0.3 is 10.6 Å². The van der Waals surface area contributed by atoms with Crippen molar-refractivity contribution in [1.82, 2.24) is 10.3 Å². The van der Waals surface area contributed by atoms with Crippen LogP contribution < -0.4 is 10.6 Å². The fourth-order valence-corrected chi connectivity index (χ4v) is 2.94. The number of nitrogens with zero attached hydrogens (tertiary/aromatic N) is 1. The van der Waals surface area contributed by atoms with E-state index in [4.69, 9.17) is 0 Å². The molecule has 2 N–H and O–H groups in total. The normalized spacial score (nSPS) is 10.4. The van der Waals surface area contributed by atoms with Gasteiger partial charge in [0.2, 0.25) is 0 Å². The zero-order chi connectivity index (χ0) is 18.9. The Kier molecular flexibility index (Phi) is 6.58. The van der Waals surface area contributed by atoms with Gasteiger partial charge in [0.05, 0.1) is 11.3 Å². The highest BCUT2D eigenvalue weighted by atomic mass is 16.1. The molecule has 0 aliphatic carbocycles. The molecule has 0 saturated heterocycles. The lowest BCUT2D eigenvalue weighted by atomic mass is 10.1. The highest BCUT2D eigenvalue weighted by Gasteiger charge is 2.07. The molecule has 0 aliphatic heterocycles. The topological polar surface area (TPSA) is 54.0 Å². The van der Waals surface area contributed by atoms with Crippen LogP contribution in [0, 0.1) is 6.92 Å². The van der Waals surface area contributed by atoms with E-state index in [2.05, 4.69) is 45.9 Å². The van der Waals surface area contributed by atoms with E-state index in [9.17, 15) is 4.79 Å². The molecule has 1 heterocycles. The lowest BCUT2D eigenvalue weighted by molar-refractivity contribution is 0.0950. The number of anilines is 1. The first kappa shape index (κ1) is 18.6. The first-order valence-corrected chi connectivity index (χ1v) is 9.27. The largest absolute Gasteiger partial charge is 0.384 e. The highest BCUT2D eigenvalue weighted by molar-refractivity contribution is 5.94. The van der Waals surface area contributed by atoms with Gasteiger partial charge in [0.15, 0.2) is 0 Å². The second-order valence-electron chi connectivity index (χ2n) is 6.65. The Morgan fingerprint density at radius 2 is 1.78 bits per heavy atom. The predicted octanol–water partition coefficient (Wildman–Crippen LogP) is 4.36. The molecule has 138 valence electrons. The van der Waals surface area contributed by atoms with Crippen molar-refractivity contribution in [2.75, 3.05) is 11.9 Å². The van der Waals surface area contributed by atoms with Gasteiger partial charge in [-0.05, 0) is 37.0 Å². The summed E-state index contributed by atoms with van der Waals surface area (Å²) in [5.41, 5.74) is 5.04. The van der Waals surface area contributed by atoms with Crippen molar-refractivity contribution < 1.29 is 4.79 Å². The van der Waals surface area contributed by atoms with Crippen LogP contribution in [0.3, 0.4) is 0 Å². The van der Waals surface area contributed by atoms with Crippen LogP contribution in [0.1, 0.15) is 33.5 Å². The van der Waals surface area contributed by atoms with Gasteiger partial charge in [-0.15, -0.1) is 0 Å². The third-order valence-electron chi connectivity index (χ3n) is 4.35. The molecular weight excluding hydrogens is 334 g/mol. The summed E-state index contributed by atoms with van der Waals surface area (Å²) in [6.45, 7) is 3.39. The number of hydrogen-bond donors (Lipinski definition) is 2. The Morgan fingerprint density at radius 1 is 0.963 bits per heavy atom. The van der Waals surface area contributed by atoms with Gasteiger partial charge in [0.1, 0.15) is 0 Å². The first-order valence-electron chi connectivity index (χ1n) is 9.27. The van der Waals surface area contributed by atoms with Crippen LogP contribution >= 0.6 is 0 Å². The number of aryl methyl sites for hydroxylation is 2. The molecule has 0 bridgehead atoms. The van der Waals surface area contributed by atoms with E-state index < -0.39 is 0 Å². The monoisotopic (exact) mass is 359 g/mol. The summed E-state index contributed by atoms with van der Waals surface area (Å²) in [5.74, 6) is -0.114. The molecule has 27 heavy (non-hydrogen) atoms. The minimum atomic E-state index is -0.114. The molecule has 0 fully saturated rings. The molecule has 0 spiro atoms. The molecule has 1 amide bonds. The van der Waals surface area contributed by atoms with Crippen LogP contribution in [-0.2, 0) is 13.0 Å². The van der Waals surface area contributed by atoms with Gasteiger partial charge in [-0.2, -0.15) is 0 Å². The number of amides is 1. The molecule has 0 unspecified atom stereocenters. The lowest BCUT2D eigenvalue weighted by Crippen LogP contribution is -2.23. The number of carbonyl (C=O) groups excluding carboxylic acids is 1. The smallest absolute Gasteiger partial charge is 0.253 e. The lowest BCUT2D eigenvalue weighted by Gasteiger charge is -2.09. The van der Waals surface area contributed by atoms with Gasteiger partial charge in [0.25, 0.3) is 5.91 Å². The number of hydrogen-bond acceptors (Lipinski definition) is 3. The predicted molar refractivity (Wildman–Crippen MR) is 110 cm³/mol. The Morgan fingerprint density at radius 3 is 2.59 bits per heavy atom. The quantitative estimate of drug-likeness (QED) is 0.588. The molecule has 0 radical (unpaired) electrons. The van der Waals surface area contributed by atoms with Crippen LogP contribution in [0.2, 0.25) is 0 Å². The van der Waals surface area contributed by atoms with E-state index in [1.54, 1.807) is 12.4 Å². The summed E-state index contributed by atoms with van der Waals surface area (Å²) in [4.78, 5) is 16.6. The molecule has 3 aromatic rings.